The lowest BCUT2D eigenvalue weighted by Gasteiger charge is -2.14. The average Bonchev–Trinajstić information content (AvgIpc) is 3.30. The van der Waals surface area contributed by atoms with Crippen molar-refractivity contribution in [1.82, 2.24) is 9.13 Å². The normalized spacial score (nSPS) is 10.9. The summed E-state index contributed by atoms with van der Waals surface area (Å²) in [6.07, 6.45) is 0. The molecule has 34 heavy (non-hydrogen) atoms. The SMILES string of the molecule is CCOc1cccc(Cn2c(=O)c3sccc3n(CC(=O)Nc3cc(C)ccc3OC)c2=O)c1. The number of hydrogen-bond donors (Lipinski definition) is 1. The number of hydrogen-bond acceptors (Lipinski definition) is 6. The molecule has 0 saturated carbocycles. The highest BCUT2D eigenvalue weighted by molar-refractivity contribution is 7.17. The molecule has 0 aliphatic rings. The molecule has 0 aliphatic heterocycles. The van der Waals surface area contributed by atoms with Crippen LogP contribution in [0, 0.1) is 6.92 Å². The average molecular weight is 480 g/mol. The second kappa shape index (κ2) is 9.96. The van der Waals surface area contributed by atoms with Crippen LogP contribution < -0.4 is 26.0 Å². The number of fused-ring (bicyclic) bond motifs is 1. The van der Waals surface area contributed by atoms with Gasteiger partial charge in [0.25, 0.3) is 5.56 Å². The summed E-state index contributed by atoms with van der Waals surface area (Å²) in [7, 11) is 1.52. The van der Waals surface area contributed by atoms with Crippen LogP contribution in [0.2, 0.25) is 0 Å². The molecule has 4 aromatic rings. The minimum Gasteiger partial charge on any atom is -0.495 e. The maximum atomic E-state index is 13.4. The maximum absolute atomic E-state index is 13.4. The van der Waals surface area contributed by atoms with Gasteiger partial charge < -0.3 is 14.8 Å². The molecule has 2 aromatic heterocycles. The number of methoxy groups -OCH3 is 1. The van der Waals surface area contributed by atoms with E-state index in [1.54, 1.807) is 29.6 Å². The number of amides is 1. The molecule has 2 aromatic carbocycles. The van der Waals surface area contributed by atoms with E-state index in [1.165, 1.54) is 23.0 Å². The van der Waals surface area contributed by atoms with Gasteiger partial charge in [0.05, 0.1) is 31.5 Å². The van der Waals surface area contributed by atoms with Gasteiger partial charge in [-0.1, -0.05) is 18.2 Å². The molecule has 1 amide bonds. The summed E-state index contributed by atoms with van der Waals surface area (Å²) < 4.78 is 13.8. The molecular formula is C25H25N3O5S. The van der Waals surface area contributed by atoms with Crippen molar-refractivity contribution in [3.63, 3.8) is 0 Å². The number of thiophene rings is 1. The van der Waals surface area contributed by atoms with Gasteiger partial charge in [0.2, 0.25) is 5.91 Å². The zero-order chi connectivity index (χ0) is 24.2. The summed E-state index contributed by atoms with van der Waals surface area (Å²) in [5, 5.41) is 4.56. The van der Waals surface area contributed by atoms with Crippen molar-refractivity contribution in [3.05, 3.63) is 85.9 Å². The predicted octanol–water partition coefficient (Wildman–Crippen LogP) is 3.63. The molecule has 1 N–H and O–H groups in total. The Morgan fingerprint density at radius 2 is 1.91 bits per heavy atom. The van der Waals surface area contributed by atoms with E-state index in [-0.39, 0.29) is 18.6 Å². The van der Waals surface area contributed by atoms with Gasteiger partial charge in [-0.15, -0.1) is 11.3 Å². The third kappa shape index (κ3) is 4.74. The number of aromatic nitrogens is 2. The van der Waals surface area contributed by atoms with Crippen LogP contribution in [-0.2, 0) is 17.9 Å². The van der Waals surface area contributed by atoms with E-state index in [4.69, 9.17) is 9.47 Å². The Labute approximate surface area is 200 Å². The number of rotatable bonds is 8. The lowest BCUT2D eigenvalue weighted by atomic mass is 10.2. The van der Waals surface area contributed by atoms with E-state index in [9.17, 15) is 14.4 Å². The van der Waals surface area contributed by atoms with Gasteiger partial charge in [0, 0.05) is 0 Å². The Morgan fingerprint density at radius 1 is 1.09 bits per heavy atom. The number of nitrogens with zero attached hydrogens (tertiary/aromatic N) is 2. The number of nitrogens with one attached hydrogen (secondary N) is 1. The molecule has 0 unspecified atom stereocenters. The largest absolute Gasteiger partial charge is 0.495 e. The Balaban J connectivity index is 1.70. The maximum Gasteiger partial charge on any atom is 0.332 e. The van der Waals surface area contributed by atoms with Crippen LogP contribution in [0.1, 0.15) is 18.1 Å². The van der Waals surface area contributed by atoms with Crippen molar-refractivity contribution >= 4 is 33.1 Å². The number of carbonyl (C=O) groups excluding carboxylic acids is 1. The summed E-state index contributed by atoms with van der Waals surface area (Å²) in [4.78, 5) is 39.4. The molecule has 9 heteroatoms. The third-order valence-electron chi connectivity index (χ3n) is 5.32. The monoisotopic (exact) mass is 479 g/mol. The molecule has 0 fully saturated rings. The summed E-state index contributed by atoms with van der Waals surface area (Å²) in [6, 6.07) is 14.4. The van der Waals surface area contributed by atoms with Crippen molar-refractivity contribution in [1.29, 1.82) is 0 Å². The first-order valence-electron chi connectivity index (χ1n) is 10.8. The third-order valence-corrected chi connectivity index (χ3v) is 6.21. The van der Waals surface area contributed by atoms with Gasteiger partial charge in [0.15, 0.2) is 0 Å². The number of benzene rings is 2. The first kappa shape index (κ1) is 23.3. The smallest absolute Gasteiger partial charge is 0.332 e. The van der Waals surface area contributed by atoms with E-state index < -0.39 is 11.6 Å². The van der Waals surface area contributed by atoms with Crippen molar-refractivity contribution in [2.45, 2.75) is 26.9 Å². The fourth-order valence-electron chi connectivity index (χ4n) is 3.76. The highest BCUT2D eigenvalue weighted by Gasteiger charge is 2.18. The Hall–Kier alpha value is -3.85. The molecule has 176 valence electrons. The van der Waals surface area contributed by atoms with Crippen LogP contribution in [0.15, 0.2) is 63.5 Å². The Kier molecular flexibility index (Phi) is 6.83. The van der Waals surface area contributed by atoms with Gasteiger partial charge in [0.1, 0.15) is 22.7 Å². The molecule has 0 spiro atoms. The van der Waals surface area contributed by atoms with Crippen LogP contribution in [0.5, 0.6) is 11.5 Å². The number of aryl methyl sites for hydroxylation is 1. The highest BCUT2D eigenvalue weighted by atomic mass is 32.1. The topological polar surface area (TPSA) is 91.6 Å². The number of anilines is 1. The second-order valence-corrected chi connectivity index (χ2v) is 8.64. The molecule has 0 atom stereocenters. The van der Waals surface area contributed by atoms with Crippen LogP contribution in [0.25, 0.3) is 10.2 Å². The van der Waals surface area contributed by atoms with Crippen LogP contribution >= 0.6 is 11.3 Å². The van der Waals surface area contributed by atoms with Crippen molar-refractivity contribution in [3.8, 4) is 11.5 Å². The Bertz CT molecular complexity index is 1470. The highest BCUT2D eigenvalue weighted by Crippen LogP contribution is 2.25. The lowest BCUT2D eigenvalue weighted by Crippen LogP contribution is -2.41. The Morgan fingerprint density at radius 3 is 2.68 bits per heavy atom. The summed E-state index contributed by atoms with van der Waals surface area (Å²) in [5.41, 5.74) is 1.73. The summed E-state index contributed by atoms with van der Waals surface area (Å²) in [6.45, 7) is 4.13. The van der Waals surface area contributed by atoms with E-state index in [0.717, 1.165) is 15.7 Å². The van der Waals surface area contributed by atoms with Crippen LogP contribution in [0.4, 0.5) is 5.69 Å². The standard InChI is InChI=1S/C25H25N3O5S/c1-4-33-18-7-5-6-17(13-18)14-28-24(30)23-20(10-11-34-23)27(25(28)31)15-22(29)26-19-12-16(2)8-9-21(19)32-3/h5-13H,4,14-15H2,1-3H3,(H,26,29). The number of carbonyl (C=O) groups is 1. The van der Waals surface area contributed by atoms with Gasteiger partial charge in [-0.2, -0.15) is 0 Å². The van der Waals surface area contributed by atoms with Crippen molar-refractivity contribution in [2.24, 2.45) is 0 Å². The molecule has 0 bridgehead atoms. The fraction of sp³-hybridized carbons (Fsp3) is 0.240. The molecule has 0 radical (unpaired) electrons. The van der Waals surface area contributed by atoms with Gasteiger partial charge in [-0.05, 0) is 60.7 Å². The lowest BCUT2D eigenvalue weighted by molar-refractivity contribution is -0.116. The van der Waals surface area contributed by atoms with Gasteiger partial charge in [-0.25, -0.2) is 4.79 Å². The second-order valence-electron chi connectivity index (χ2n) is 7.73. The molecule has 0 aliphatic carbocycles. The van der Waals surface area contributed by atoms with Crippen molar-refractivity contribution in [2.75, 3.05) is 19.0 Å². The zero-order valence-electron chi connectivity index (χ0n) is 19.2. The zero-order valence-corrected chi connectivity index (χ0v) is 20.0. The number of ether oxygens (including phenoxy) is 2. The van der Waals surface area contributed by atoms with E-state index in [2.05, 4.69) is 5.32 Å². The minimum atomic E-state index is -0.552. The van der Waals surface area contributed by atoms with Crippen LogP contribution in [-0.4, -0.2) is 28.8 Å². The molecular weight excluding hydrogens is 454 g/mol. The molecule has 4 rings (SSSR count). The fourth-order valence-corrected chi connectivity index (χ4v) is 4.60. The van der Waals surface area contributed by atoms with E-state index in [0.29, 0.717) is 34.0 Å². The predicted molar refractivity (Wildman–Crippen MR) is 133 cm³/mol. The minimum absolute atomic E-state index is 0.0692. The van der Waals surface area contributed by atoms with Gasteiger partial charge in [-0.3, -0.25) is 18.7 Å². The molecule has 0 saturated heterocycles. The summed E-state index contributed by atoms with van der Waals surface area (Å²) >= 11 is 1.24. The van der Waals surface area contributed by atoms with E-state index in [1.807, 2.05) is 38.1 Å². The van der Waals surface area contributed by atoms with E-state index >= 15 is 0 Å². The molecule has 8 nitrogen and oxygen atoms in total. The van der Waals surface area contributed by atoms with Gasteiger partial charge >= 0.3 is 5.69 Å². The first-order chi connectivity index (χ1) is 16.4. The molecule has 2 heterocycles. The quantitative estimate of drug-likeness (QED) is 0.417. The van der Waals surface area contributed by atoms with Crippen LogP contribution in [0.3, 0.4) is 0 Å². The first-order valence-corrected chi connectivity index (χ1v) is 11.7. The van der Waals surface area contributed by atoms with Crippen molar-refractivity contribution < 1.29 is 14.3 Å². The summed E-state index contributed by atoms with van der Waals surface area (Å²) in [5.74, 6) is 0.783.